The zero-order valence-electron chi connectivity index (χ0n) is 8.43. The predicted octanol–water partition coefficient (Wildman–Crippen LogP) is 0.939. The first-order valence-corrected chi connectivity index (χ1v) is 4.56. The van der Waals surface area contributed by atoms with Crippen LogP contribution in [0.15, 0.2) is 0 Å². The van der Waals surface area contributed by atoms with Gasteiger partial charge in [0.1, 0.15) is 0 Å². The molecule has 0 heterocycles. The summed E-state index contributed by atoms with van der Waals surface area (Å²) in [5.74, 6) is 2.64. The van der Waals surface area contributed by atoms with Crippen molar-refractivity contribution in [1.82, 2.24) is 10.2 Å². The Labute approximate surface area is 76.3 Å². The minimum Gasteiger partial charge on any atom is -0.315 e. The SMILES string of the molecule is C#CCN(C)C(C)CNCCC. The molecule has 0 aromatic heterocycles. The lowest BCUT2D eigenvalue weighted by Crippen LogP contribution is -2.38. The highest BCUT2D eigenvalue weighted by molar-refractivity contribution is 4.88. The van der Waals surface area contributed by atoms with Crippen LogP contribution in [0.5, 0.6) is 0 Å². The average molecular weight is 168 g/mol. The Kier molecular flexibility index (Phi) is 6.84. The standard InChI is InChI=1S/C10H20N2/c1-5-7-11-9-10(3)12(4)8-6-2/h2,10-11H,5,7-9H2,1,3-4H3. The Morgan fingerprint density at radius 3 is 2.75 bits per heavy atom. The third-order valence-corrected chi connectivity index (χ3v) is 1.96. The fourth-order valence-electron chi connectivity index (χ4n) is 0.943. The average Bonchev–Trinajstić information content (AvgIpc) is 2.05. The first-order valence-electron chi connectivity index (χ1n) is 4.56. The second-order valence-electron chi connectivity index (χ2n) is 3.17. The maximum Gasteiger partial charge on any atom is 0.0599 e. The molecule has 0 aliphatic heterocycles. The summed E-state index contributed by atoms with van der Waals surface area (Å²) in [4.78, 5) is 2.17. The molecule has 70 valence electrons. The number of nitrogens with one attached hydrogen (secondary N) is 1. The zero-order valence-corrected chi connectivity index (χ0v) is 8.43. The second kappa shape index (κ2) is 7.15. The van der Waals surface area contributed by atoms with Crippen molar-refractivity contribution >= 4 is 0 Å². The van der Waals surface area contributed by atoms with Crippen molar-refractivity contribution in [3.05, 3.63) is 0 Å². The maximum atomic E-state index is 5.21. The largest absolute Gasteiger partial charge is 0.315 e. The Balaban J connectivity index is 3.43. The van der Waals surface area contributed by atoms with Crippen LogP contribution in [-0.4, -0.2) is 37.6 Å². The van der Waals surface area contributed by atoms with Gasteiger partial charge >= 0.3 is 0 Å². The highest BCUT2D eigenvalue weighted by Crippen LogP contribution is 1.91. The van der Waals surface area contributed by atoms with Gasteiger partial charge in [-0.1, -0.05) is 12.8 Å². The molecule has 0 aliphatic rings. The lowest BCUT2D eigenvalue weighted by Gasteiger charge is -2.22. The van der Waals surface area contributed by atoms with E-state index in [4.69, 9.17) is 6.42 Å². The minimum atomic E-state index is 0.521. The lowest BCUT2D eigenvalue weighted by molar-refractivity contribution is 0.280. The van der Waals surface area contributed by atoms with E-state index in [1.807, 2.05) is 0 Å². The van der Waals surface area contributed by atoms with Crippen LogP contribution in [-0.2, 0) is 0 Å². The molecule has 0 saturated carbocycles. The first kappa shape index (κ1) is 11.5. The van der Waals surface area contributed by atoms with Crippen molar-refractivity contribution in [2.75, 3.05) is 26.7 Å². The molecule has 2 nitrogen and oxygen atoms in total. The van der Waals surface area contributed by atoms with Gasteiger partial charge in [-0.2, -0.15) is 0 Å². The predicted molar refractivity (Wildman–Crippen MR) is 54.1 cm³/mol. The van der Waals surface area contributed by atoms with Gasteiger partial charge in [0.2, 0.25) is 0 Å². The fourth-order valence-corrected chi connectivity index (χ4v) is 0.943. The summed E-state index contributed by atoms with van der Waals surface area (Å²) in [6, 6.07) is 0.521. The Morgan fingerprint density at radius 1 is 1.58 bits per heavy atom. The number of terminal acetylenes is 1. The topological polar surface area (TPSA) is 15.3 Å². The van der Waals surface area contributed by atoms with Crippen molar-refractivity contribution < 1.29 is 0 Å². The van der Waals surface area contributed by atoms with E-state index < -0.39 is 0 Å². The smallest absolute Gasteiger partial charge is 0.0599 e. The number of rotatable bonds is 6. The van der Waals surface area contributed by atoms with Gasteiger partial charge in [0.15, 0.2) is 0 Å². The van der Waals surface area contributed by atoms with E-state index in [-0.39, 0.29) is 0 Å². The van der Waals surface area contributed by atoms with Crippen molar-refractivity contribution in [1.29, 1.82) is 0 Å². The summed E-state index contributed by atoms with van der Waals surface area (Å²) in [5, 5.41) is 3.36. The van der Waals surface area contributed by atoms with E-state index in [1.54, 1.807) is 0 Å². The quantitative estimate of drug-likeness (QED) is 0.469. The van der Waals surface area contributed by atoms with Gasteiger partial charge in [-0.3, -0.25) is 4.90 Å². The van der Waals surface area contributed by atoms with Gasteiger partial charge in [0.05, 0.1) is 6.54 Å². The Morgan fingerprint density at radius 2 is 2.25 bits per heavy atom. The third kappa shape index (κ3) is 5.17. The molecule has 2 heteroatoms. The molecule has 0 aromatic rings. The maximum absolute atomic E-state index is 5.21. The van der Waals surface area contributed by atoms with Gasteiger partial charge < -0.3 is 5.32 Å². The molecule has 0 bridgehead atoms. The highest BCUT2D eigenvalue weighted by atomic mass is 15.1. The summed E-state index contributed by atoms with van der Waals surface area (Å²) in [5.41, 5.74) is 0. The molecule has 1 atom stereocenters. The second-order valence-corrected chi connectivity index (χ2v) is 3.17. The molecule has 12 heavy (non-hydrogen) atoms. The normalized spacial score (nSPS) is 12.9. The van der Waals surface area contributed by atoms with Crippen LogP contribution in [0.25, 0.3) is 0 Å². The molecule has 1 unspecified atom stereocenters. The summed E-state index contributed by atoms with van der Waals surface area (Å²) < 4.78 is 0. The van der Waals surface area contributed by atoms with E-state index in [0.717, 1.165) is 19.6 Å². The molecule has 0 amide bonds. The number of nitrogens with zero attached hydrogens (tertiary/aromatic N) is 1. The molecular weight excluding hydrogens is 148 g/mol. The molecule has 0 saturated heterocycles. The molecule has 0 radical (unpaired) electrons. The molecule has 0 fully saturated rings. The van der Waals surface area contributed by atoms with Crippen molar-refractivity contribution in [2.24, 2.45) is 0 Å². The number of likely N-dealkylation sites (N-methyl/N-ethyl adjacent to an activating group) is 1. The fraction of sp³-hybridized carbons (Fsp3) is 0.800. The van der Waals surface area contributed by atoms with Gasteiger partial charge in [0.25, 0.3) is 0 Å². The van der Waals surface area contributed by atoms with Gasteiger partial charge in [0, 0.05) is 12.6 Å². The van der Waals surface area contributed by atoms with E-state index in [0.29, 0.717) is 6.04 Å². The first-order chi connectivity index (χ1) is 5.72. The highest BCUT2D eigenvalue weighted by Gasteiger charge is 2.05. The van der Waals surface area contributed by atoms with E-state index in [1.165, 1.54) is 6.42 Å². The number of hydrogen-bond donors (Lipinski definition) is 1. The van der Waals surface area contributed by atoms with Crippen LogP contribution in [0.3, 0.4) is 0 Å². The minimum absolute atomic E-state index is 0.521. The van der Waals surface area contributed by atoms with Gasteiger partial charge in [-0.25, -0.2) is 0 Å². The van der Waals surface area contributed by atoms with Crippen LogP contribution in [0.2, 0.25) is 0 Å². The summed E-state index contributed by atoms with van der Waals surface area (Å²) in [6.45, 7) is 7.19. The van der Waals surface area contributed by atoms with Crippen LogP contribution < -0.4 is 5.32 Å². The Hall–Kier alpha value is -0.520. The van der Waals surface area contributed by atoms with E-state index in [2.05, 4.69) is 37.0 Å². The van der Waals surface area contributed by atoms with E-state index >= 15 is 0 Å². The summed E-state index contributed by atoms with van der Waals surface area (Å²) >= 11 is 0. The van der Waals surface area contributed by atoms with Crippen LogP contribution in [0.1, 0.15) is 20.3 Å². The summed E-state index contributed by atoms with van der Waals surface area (Å²) in [7, 11) is 2.05. The lowest BCUT2D eigenvalue weighted by atomic mass is 10.3. The van der Waals surface area contributed by atoms with Crippen molar-refractivity contribution in [3.8, 4) is 12.3 Å². The monoisotopic (exact) mass is 168 g/mol. The van der Waals surface area contributed by atoms with Gasteiger partial charge in [-0.05, 0) is 26.9 Å². The molecule has 0 rings (SSSR count). The van der Waals surface area contributed by atoms with Crippen LogP contribution in [0, 0.1) is 12.3 Å². The molecule has 0 spiro atoms. The van der Waals surface area contributed by atoms with E-state index in [9.17, 15) is 0 Å². The van der Waals surface area contributed by atoms with Crippen LogP contribution >= 0.6 is 0 Å². The van der Waals surface area contributed by atoms with Crippen LogP contribution in [0.4, 0.5) is 0 Å². The molecule has 1 N–H and O–H groups in total. The number of hydrogen-bond acceptors (Lipinski definition) is 2. The molecule has 0 aliphatic carbocycles. The third-order valence-electron chi connectivity index (χ3n) is 1.96. The zero-order chi connectivity index (χ0) is 9.40. The van der Waals surface area contributed by atoms with Crippen molar-refractivity contribution in [2.45, 2.75) is 26.3 Å². The van der Waals surface area contributed by atoms with Crippen molar-refractivity contribution in [3.63, 3.8) is 0 Å². The molecule has 0 aromatic carbocycles. The summed E-state index contributed by atoms with van der Waals surface area (Å²) in [6.07, 6.45) is 6.40. The Bertz CT molecular complexity index is 137. The molecular formula is C10H20N2. The van der Waals surface area contributed by atoms with Gasteiger partial charge in [-0.15, -0.1) is 6.42 Å².